The van der Waals surface area contributed by atoms with Gasteiger partial charge in [0, 0.05) is 28.0 Å². The Morgan fingerprint density at radius 3 is 2.67 bits per heavy atom. The van der Waals surface area contributed by atoms with Crippen LogP contribution in [0.15, 0.2) is 47.4 Å². The molecule has 0 amide bonds. The van der Waals surface area contributed by atoms with Gasteiger partial charge >= 0.3 is 0 Å². The van der Waals surface area contributed by atoms with Gasteiger partial charge in [0.05, 0.1) is 6.34 Å². The molecule has 0 saturated carbocycles. The van der Waals surface area contributed by atoms with Crippen LogP contribution in [0, 0.1) is 5.41 Å². The van der Waals surface area contributed by atoms with Gasteiger partial charge in [-0.2, -0.15) is 0 Å². The maximum atomic E-state index is 7.35. The molecule has 0 aliphatic rings. The molecule has 0 radical (unpaired) electrons. The van der Waals surface area contributed by atoms with Gasteiger partial charge in [-0.15, -0.1) is 0 Å². The molecule has 0 fully saturated rings. The minimum Gasteiger partial charge on any atom is -0.382 e. The van der Waals surface area contributed by atoms with Crippen molar-refractivity contribution in [2.75, 3.05) is 12.3 Å². The van der Waals surface area contributed by atoms with Gasteiger partial charge in [0.25, 0.3) is 0 Å². The average Bonchev–Trinajstić information content (AvgIpc) is 2.97. The lowest BCUT2D eigenvalue weighted by Gasteiger charge is -2.14. The van der Waals surface area contributed by atoms with E-state index in [1.165, 1.54) is 24.4 Å². The number of rotatable bonds is 8. The van der Waals surface area contributed by atoms with Crippen LogP contribution < -0.4 is 5.73 Å². The fourth-order valence-electron chi connectivity index (χ4n) is 2.53. The van der Waals surface area contributed by atoms with E-state index in [9.17, 15) is 0 Å². The summed E-state index contributed by atoms with van der Waals surface area (Å²) in [6, 6.07) is 5.33. The minimum atomic E-state index is 0.330. The van der Waals surface area contributed by atoms with Crippen LogP contribution in [0.5, 0.6) is 0 Å². The number of halogens is 2. The van der Waals surface area contributed by atoms with Crippen LogP contribution in [0.25, 0.3) is 11.2 Å². The number of imidazole rings is 1. The molecule has 2 heterocycles. The van der Waals surface area contributed by atoms with Crippen LogP contribution in [-0.4, -0.2) is 37.3 Å². The second-order valence-corrected chi connectivity index (χ2v) is 7.50. The number of nitrogen functional groups attached to an aromatic ring is 1. The first-order valence-corrected chi connectivity index (χ1v) is 9.58. The number of hydrogen-bond acceptors (Lipinski definition) is 6. The molecule has 10 heteroatoms. The molecular formula is C17H17Cl2N7S. The third-order valence-electron chi connectivity index (χ3n) is 3.77. The van der Waals surface area contributed by atoms with Gasteiger partial charge in [0.15, 0.2) is 22.1 Å². The summed E-state index contributed by atoms with van der Waals surface area (Å²) < 4.78 is 1.98. The predicted octanol–water partition coefficient (Wildman–Crippen LogP) is 4.31. The molecule has 3 aromatic rings. The van der Waals surface area contributed by atoms with E-state index < -0.39 is 0 Å². The highest BCUT2D eigenvalue weighted by molar-refractivity contribution is 7.99. The summed E-state index contributed by atoms with van der Waals surface area (Å²) in [6.45, 7) is 4.98. The summed E-state index contributed by atoms with van der Waals surface area (Å²) in [5.41, 5.74) is 7.19. The van der Waals surface area contributed by atoms with E-state index in [1.807, 2.05) is 16.7 Å². The van der Waals surface area contributed by atoms with Crippen LogP contribution in [-0.2, 0) is 6.54 Å². The number of nitrogens with one attached hydrogen (secondary N) is 1. The van der Waals surface area contributed by atoms with E-state index in [0.717, 1.165) is 16.5 Å². The molecule has 7 nitrogen and oxygen atoms in total. The van der Waals surface area contributed by atoms with Crippen molar-refractivity contribution in [2.24, 2.45) is 0 Å². The number of fused-ring (bicyclic) bond motifs is 1. The molecule has 3 N–H and O–H groups in total. The maximum absolute atomic E-state index is 7.35. The molecule has 0 atom stereocenters. The van der Waals surface area contributed by atoms with E-state index in [4.69, 9.17) is 34.3 Å². The van der Waals surface area contributed by atoms with Gasteiger partial charge in [-0.25, -0.2) is 15.0 Å². The highest BCUT2D eigenvalue weighted by Gasteiger charge is 2.16. The molecule has 0 unspecified atom stereocenters. The molecule has 140 valence electrons. The number of benzene rings is 1. The summed E-state index contributed by atoms with van der Waals surface area (Å²) >= 11 is 13.6. The smallest absolute Gasteiger partial charge is 0.175 e. The largest absolute Gasteiger partial charge is 0.382 e. The Kier molecular flexibility index (Phi) is 6.20. The Hall–Kier alpha value is -2.29. The first-order chi connectivity index (χ1) is 13.0. The fourth-order valence-corrected chi connectivity index (χ4v) is 4.19. The quantitative estimate of drug-likeness (QED) is 0.415. The Bertz CT molecular complexity index is 961. The van der Waals surface area contributed by atoms with E-state index in [1.54, 1.807) is 17.2 Å². The lowest BCUT2D eigenvalue weighted by molar-refractivity contribution is 0.497. The summed E-state index contributed by atoms with van der Waals surface area (Å²) in [6.07, 6.45) is 5.04. The topological polar surface area (TPSA) is 96.7 Å². The molecule has 2 aromatic heterocycles. The predicted molar refractivity (Wildman–Crippen MR) is 111 cm³/mol. The molecular weight excluding hydrogens is 405 g/mol. The third-order valence-corrected chi connectivity index (χ3v) is 5.17. The van der Waals surface area contributed by atoms with Crippen LogP contribution in [0.4, 0.5) is 5.82 Å². The van der Waals surface area contributed by atoms with Crippen molar-refractivity contribution in [3.05, 3.63) is 47.4 Å². The first kappa shape index (κ1) is 19.5. The van der Waals surface area contributed by atoms with Gasteiger partial charge in [-0.1, -0.05) is 41.5 Å². The average molecular weight is 422 g/mol. The zero-order chi connectivity index (χ0) is 19.4. The van der Waals surface area contributed by atoms with Crippen LogP contribution in [0.2, 0.25) is 10.0 Å². The van der Waals surface area contributed by atoms with Crippen molar-refractivity contribution < 1.29 is 0 Å². The molecule has 0 aliphatic heterocycles. The van der Waals surface area contributed by atoms with Crippen LogP contribution in [0.1, 0.15) is 6.42 Å². The summed E-state index contributed by atoms with van der Waals surface area (Å²) in [5.74, 6) is 0.330. The Morgan fingerprint density at radius 1 is 1.26 bits per heavy atom. The Morgan fingerprint density at radius 2 is 2.00 bits per heavy atom. The van der Waals surface area contributed by atoms with Crippen molar-refractivity contribution in [1.29, 1.82) is 5.41 Å². The van der Waals surface area contributed by atoms with E-state index in [-0.39, 0.29) is 0 Å². The molecule has 27 heavy (non-hydrogen) atoms. The normalized spacial score (nSPS) is 10.9. The number of aromatic nitrogens is 4. The maximum Gasteiger partial charge on any atom is 0.175 e. The summed E-state index contributed by atoms with van der Waals surface area (Å²) in [5, 5.41) is 9.18. The monoisotopic (exact) mass is 421 g/mol. The van der Waals surface area contributed by atoms with Crippen molar-refractivity contribution >= 4 is 58.3 Å². The van der Waals surface area contributed by atoms with E-state index >= 15 is 0 Å². The highest BCUT2D eigenvalue weighted by atomic mass is 35.5. The van der Waals surface area contributed by atoms with Crippen LogP contribution >= 0.6 is 35.0 Å². The Balaban J connectivity index is 1.94. The number of nitrogens with two attached hydrogens (primary N) is 1. The SMILES string of the molecule is C=CN(C=N)CCCn1c(Sc2cc(Cl)cc(Cl)c2)nc2c(N)ncnc21. The molecule has 0 saturated heterocycles. The molecule has 0 aliphatic carbocycles. The second-order valence-electron chi connectivity index (χ2n) is 5.59. The number of aryl methyl sites for hydroxylation is 1. The van der Waals surface area contributed by atoms with Crippen molar-refractivity contribution in [2.45, 2.75) is 23.0 Å². The van der Waals surface area contributed by atoms with Gasteiger partial charge in [0.2, 0.25) is 0 Å². The van der Waals surface area contributed by atoms with E-state index in [2.05, 4.69) is 21.5 Å². The number of hydrogen-bond donors (Lipinski definition) is 2. The zero-order valence-corrected chi connectivity index (χ0v) is 16.6. The summed E-state index contributed by atoms with van der Waals surface area (Å²) in [4.78, 5) is 15.5. The number of anilines is 1. The zero-order valence-electron chi connectivity index (χ0n) is 14.3. The number of nitrogens with zero attached hydrogens (tertiary/aromatic N) is 5. The van der Waals surface area contributed by atoms with E-state index in [0.29, 0.717) is 40.1 Å². The molecule has 0 spiro atoms. The first-order valence-electron chi connectivity index (χ1n) is 8.01. The lowest BCUT2D eigenvalue weighted by atomic mass is 10.4. The van der Waals surface area contributed by atoms with Gasteiger partial charge in [-0.05, 0) is 30.8 Å². The lowest BCUT2D eigenvalue weighted by Crippen LogP contribution is -2.17. The van der Waals surface area contributed by atoms with Gasteiger partial charge in [-0.3, -0.25) is 5.41 Å². The fraction of sp³-hybridized carbons (Fsp3) is 0.176. The van der Waals surface area contributed by atoms with Crippen molar-refractivity contribution in [1.82, 2.24) is 24.4 Å². The standard InChI is InChI=1S/C17H17Cl2N7S/c1-2-25(9-20)4-3-5-26-16-14(15(21)22-10-23-16)24-17(26)27-13-7-11(18)6-12(19)8-13/h2,6-10,20H,1,3-5H2,(H2,21,22,23). The molecule has 1 aromatic carbocycles. The minimum absolute atomic E-state index is 0.330. The third kappa shape index (κ3) is 4.52. The Labute approximate surface area is 170 Å². The molecule has 0 bridgehead atoms. The van der Waals surface area contributed by atoms with Crippen molar-refractivity contribution in [3.8, 4) is 0 Å². The van der Waals surface area contributed by atoms with Crippen molar-refractivity contribution in [3.63, 3.8) is 0 Å². The van der Waals surface area contributed by atoms with Crippen LogP contribution in [0.3, 0.4) is 0 Å². The van der Waals surface area contributed by atoms with Gasteiger partial charge in [0.1, 0.15) is 6.33 Å². The summed E-state index contributed by atoms with van der Waals surface area (Å²) in [7, 11) is 0. The molecule has 3 rings (SSSR count). The van der Waals surface area contributed by atoms with Gasteiger partial charge < -0.3 is 15.2 Å². The second kappa shape index (κ2) is 8.60. The highest BCUT2D eigenvalue weighted by Crippen LogP contribution is 2.34.